The van der Waals surface area contributed by atoms with E-state index in [2.05, 4.69) is 4.72 Å². The number of para-hydroxylation sites is 1. The Kier molecular flexibility index (Phi) is 4.76. The number of nitrogens with two attached hydrogens (primary N) is 1. The summed E-state index contributed by atoms with van der Waals surface area (Å²) in [5, 5.41) is 5.12. The fourth-order valence-corrected chi connectivity index (χ4v) is 3.98. The van der Waals surface area contributed by atoms with E-state index in [0.717, 1.165) is 5.56 Å². The SMILES string of the molecule is CC(C)(C)c1ccc(S(=O)(=O)Nc2ccccc2S(N)(=O)=O)cc1. The number of anilines is 1. The highest BCUT2D eigenvalue weighted by Gasteiger charge is 2.21. The first-order chi connectivity index (χ1) is 10.9. The van der Waals surface area contributed by atoms with Crippen LogP contribution < -0.4 is 9.86 Å². The average molecular weight is 368 g/mol. The van der Waals surface area contributed by atoms with E-state index in [1.807, 2.05) is 20.8 Å². The first-order valence-electron chi connectivity index (χ1n) is 7.16. The molecule has 0 fully saturated rings. The fraction of sp³-hybridized carbons (Fsp3) is 0.250. The second-order valence-corrected chi connectivity index (χ2v) is 9.63. The lowest BCUT2D eigenvalue weighted by atomic mass is 9.87. The predicted molar refractivity (Wildman–Crippen MR) is 93.8 cm³/mol. The molecule has 0 saturated heterocycles. The van der Waals surface area contributed by atoms with Crippen LogP contribution in [0.4, 0.5) is 5.69 Å². The van der Waals surface area contributed by atoms with Crippen molar-refractivity contribution in [2.24, 2.45) is 5.14 Å². The first-order valence-corrected chi connectivity index (χ1v) is 10.2. The minimum Gasteiger partial charge on any atom is -0.278 e. The number of nitrogens with one attached hydrogen (secondary N) is 1. The summed E-state index contributed by atoms with van der Waals surface area (Å²) in [6, 6.07) is 12.0. The van der Waals surface area contributed by atoms with Gasteiger partial charge >= 0.3 is 0 Å². The molecule has 3 N–H and O–H groups in total. The van der Waals surface area contributed by atoms with E-state index in [9.17, 15) is 16.8 Å². The van der Waals surface area contributed by atoms with Crippen LogP contribution in [0.5, 0.6) is 0 Å². The van der Waals surface area contributed by atoms with Gasteiger partial charge in [0.05, 0.1) is 10.6 Å². The fourth-order valence-electron chi connectivity index (χ4n) is 2.14. The zero-order valence-electron chi connectivity index (χ0n) is 13.6. The summed E-state index contributed by atoms with van der Waals surface area (Å²) < 4.78 is 50.4. The maximum Gasteiger partial charge on any atom is 0.261 e. The lowest BCUT2D eigenvalue weighted by Crippen LogP contribution is -2.19. The van der Waals surface area contributed by atoms with Crippen molar-refractivity contribution in [2.75, 3.05) is 4.72 Å². The summed E-state index contributed by atoms with van der Waals surface area (Å²) in [6.07, 6.45) is 0. The molecule has 6 nitrogen and oxygen atoms in total. The van der Waals surface area contributed by atoms with Crippen LogP contribution in [0.2, 0.25) is 0 Å². The Hall–Kier alpha value is -1.90. The number of hydrogen-bond donors (Lipinski definition) is 2. The van der Waals surface area contributed by atoms with E-state index in [0.29, 0.717) is 0 Å². The van der Waals surface area contributed by atoms with Gasteiger partial charge in [0.1, 0.15) is 4.90 Å². The minimum atomic E-state index is -4.04. The molecule has 24 heavy (non-hydrogen) atoms. The molecule has 0 spiro atoms. The van der Waals surface area contributed by atoms with Gasteiger partial charge in [-0.05, 0) is 35.2 Å². The summed E-state index contributed by atoms with van der Waals surface area (Å²) in [6.45, 7) is 6.07. The molecular formula is C16H20N2O4S2. The van der Waals surface area contributed by atoms with E-state index in [1.165, 1.54) is 36.4 Å². The normalized spacial score (nSPS) is 12.8. The van der Waals surface area contributed by atoms with Gasteiger partial charge in [-0.15, -0.1) is 0 Å². The van der Waals surface area contributed by atoms with Crippen molar-refractivity contribution in [3.8, 4) is 0 Å². The van der Waals surface area contributed by atoms with E-state index in [4.69, 9.17) is 5.14 Å². The molecule has 2 rings (SSSR count). The van der Waals surface area contributed by atoms with Crippen LogP contribution in [-0.2, 0) is 25.5 Å². The van der Waals surface area contributed by atoms with Crippen molar-refractivity contribution in [3.05, 3.63) is 54.1 Å². The van der Waals surface area contributed by atoms with Crippen LogP contribution in [0, 0.1) is 0 Å². The molecule has 0 bridgehead atoms. The largest absolute Gasteiger partial charge is 0.278 e. The molecule has 2 aromatic rings. The van der Waals surface area contributed by atoms with Crippen LogP contribution in [-0.4, -0.2) is 16.8 Å². The van der Waals surface area contributed by atoms with E-state index in [-0.39, 0.29) is 20.9 Å². The molecular weight excluding hydrogens is 348 g/mol. The van der Waals surface area contributed by atoms with Gasteiger partial charge in [-0.25, -0.2) is 22.0 Å². The van der Waals surface area contributed by atoms with Crippen molar-refractivity contribution in [1.82, 2.24) is 0 Å². The maximum absolute atomic E-state index is 12.5. The van der Waals surface area contributed by atoms with Gasteiger partial charge in [-0.1, -0.05) is 45.0 Å². The van der Waals surface area contributed by atoms with Gasteiger partial charge in [0.15, 0.2) is 0 Å². The van der Waals surface area contributed by atoms with Crippen LogP contribution in [0.1, 0.15) is 26.3 Å². The monoisotopic (exact) mass is 368 g/mol. The molecule has 0 aliphatic rings. The van der Waals surface area contributed by atoms with E-state index in [1.54, 1.807) is 12.1 Å². The summed E-state index contributed by atoms with van der Waals surface area (Å²) in [5.41, 5.74) is 0.807. The molecule has 0 aromatic heterocycles. The third kappa shape index (κ3) is 4.14. The van der Waals surface area contributed by atoms with E-state index >= 15 is 0 Å². The van der Waals surface area contributed by atoms with Crippen molar-refractivity contribution < 1.29 is 16.8 Å². The molecule has 0 amide bonds. The Bertz CT molecular complexity index is 942. The van der Waals surface area contributed by atoms with E-state index < -0.39 is 20.0 Å². The average Bonchev–Trinajstić information content (AvgIpc) is 2.45. The van der Waals surface area contributed by atoms with Crippen LogP contribution in [0.3, 0.4) is 0 Å². The molecule has 0 aliphatic carbocycles. The maximum atomic E-state index is 12.5. The molecule has 8 heteroatoms. The number of sulfonamides is 2. The zero-order valence-corrected chi connectivity index (χ0v) is 15.3. The number of hydrogen-bond acceptors (Lipinski definition) is 4. The van der Waals surface area contributed by atoms with Gasteiger partial charge in [-0.2, -0.15) is 0 Å². The standard InChI is InChI=1S/C16H20N2O4S2/c1-16(2,3)12-8-10-13(11-9-12)24(21,22)18-14-6-4-5-7-15(14)23(17,19)20/h4-11,18H,1-3H3,(H2,17,19,20). The second kappa shape index (κ2) is 6.19. The Morgan fingerprint density at radius 1 is 0.875 bits per heavy atom. The highest BCUT2D eigenvalue weighted by atomic mass is 32.2. The van der Waals surface area contributed by atoms with Crippen molar-refractivity contribution in [2.45, 2.75) is 36.0 Å². The number of rotatable bonds is 4. The Morgan fingerprint density at radius 3 is 1.92 bits per heavy atom. The summed E-state index contributed by atoms with van der Waals surface area (Å²) in [5.74, 6) is 0. The smallest absolute Gasteiger partial charge is 0.261 e. The van der Waals surface area contributed by atoms with Crippen LogP contribution >= 0.6 is 0 Å². The quantitative estimate of drug-likeness (QED) is 0.864. The molecule has 2 aromatic carbocycles. The minimum absolute atomic E-state index is 0.0414. The van der Waals surface area contributed by atoms with Gasteiger partial charge in [0.25, 0.3) is 10.0 Å². The predicted octanol–water partition coefficient (Wildman–Crippen LogP) is 2.43. The van der Waals surface area contributed by atoms with Gasteiger partial charge in [0.2, 0.25) is 10.0 Å². The van der Waals surface area contributed by atoms with Crippen molar-refractivity contribution in [1.29, 1.82) is 0 Å². The van der Waals surface area contributed by atoms with Crippen LogP contribution in [0.25, 0.3) is 0 Å². The zero-order chi connectivity index (χ0) is 18.2. The molecule has 0 heterocycles. The molecule has 0 atom stereocenters. The second-order valence-electron chi connectivity index (χ2n) is 6.42. The van der Waals surface area contributed by atoms with Gasteiger partial charge in [0, 0.05) is 0 Å². The Morgan fingerprint density at radius 2 is 1.42 bits per heavy atom. The molecule has 130 valence electrons. The summed E-state index contributed by atoms with van der Waals surface area (Å²) in [4.78, 5) is -0.236. The third-order valence-electron chi connectivity index (χ3n) is 3.47. The Balaban J connectivity index is 2.40. The Labute approximate surface area is 142 Å². The summed E-state index contributed by atoms with van der Waals surface area (Å²) in [7, 11) is -7.97. The third-order valence-corrected chi connectivity index (χ3v) is 5.82. The number of benzene rings is 2. The molecule has 0 radical (unpaired) electrons. The van der Waals surface area contributed by atoms with Gasteiger partial charge < -0.3 is 0 Å². The van der Waals surface area contributed by atoms with Crippen molar-refractivity contribution in [3.63, 3.8) is 0 Å². The van der Waals surface area contributed by atoms with Crippen LogP contribution in [0.15, 0.2) is 58.3 Å². The highest BCUT2D eigenvalue weighted by Crippen LogP contribution is 2.26. The summed E-state index contributed by atoms with van der Waals surface area (Å²) >= 11 is 0. The topological polar surface area (TPSA) is 106 Å². The molecule has 0 saturated carbocycles. The number of primary sulfonamides is 1. The first kappa shape index (κ1) is 18.4. The highest BCUT2D eigenvalue weighted by molar-refractivity contribution is 7.93. The van der Waals surface area contributed by atoms with Gasteiger partial charge in [-0.3, -0.25) is 4.72 Å². The lowest BCUT2D eigenvalue weighted by Gasteiger charge is -2.19. The lowest BCUT2D eigenvalue weighted by molar-refractivity contribution is 0.587. The molecule has 0 unspecified atom stereocenters. The molecule has 0 aliphatic heterocycles. The van der Waals surface area contributed by atoms with Crippen molar-refractivity contribution >= 4 is 25.7 Å².